The van der Waals surface area contributed by atoms with Gasteiger partial charge < -0.3 is 9.64 Å². The number of likely N-dealkylation sites (N-methyl/N-ethyl adjacent to an activating group) is 1. The summed E-state index contributed by atoms with van der Waals surface area (Å²) in [7, 11) is 1.59. The number of carbonyl (C=O) groups is 2. The van der Waals surface area contributed by atoms with Crippen LogP contribution in [-0.2, 0) is 9.53 Å². The summed E-state index contributed by atoms with van der Waals surface area (Å²) < 4.78 is 4.92. The van der Waals surface area contributed by atoms with Crippen LogP contribution in [0.3, 0.4) is 0 Å². The average Bonchev–Trinajstić information content (AvgIpc) is 2.36. The van der Waals surface area contributed by atoms with Gasteiger partial charge in [-0.3, -0.25) is 9.59 Å². The van der Waals surface area contributed by atoms with Gasteiger partial charge in [0.2, 0.25) is 0 Å². The lowest BCUT2D eigenvalue weighted by molar-refractivity contribution is -0.144. The van der Waals surface area contributed by atoms with Crippen LogP contribution in [0.4, 0.5) is 0 Å². The van der Waals surface area contributed by atoms with E-state index >= 15 is 0 Å². The number of carbonyl (C=O) groups excluding carboxylic acids is 2. The third-order valence-electron chi connectivity index (χ3n) is 2.20. The van der Waals surface area contributed by atoms with Crippen LogP contribution in [0.2, 0.25) is 0 Å². The van der Waals surface area contributed by atoms with E-state index in [-0.39, 0.29) is 18.4 Å². The Kier molecular flexibility index (Phi) is 5.20. The maximum atomic E-state index is 11.9. The first-order chi connectivity index (χ1) is 8.15. The summed E-state index contributed by atoms with van der Waals surface area (Å²) in [6, 6.07) is 8.85. The van der Waals surface area contributed by atoms with E-state index in [0.29, 0.717) is 12.2 Å². The maximum Gasteiger partial charge on any atom is 0.325 e. The first-order valence-electron chi connectivity index (χ1n) is 5.61. The second-order valence-electron chi connectivity index (χ2n) is 3.75. The van der Waals surface area contributed by atoms with Crippen molar-refractivity contribution in [3.8, 4) is 0 Å². The van der Waals surface area contributed by atoms with Gasteiger partial charge in [-0.15, -0.1) is 0 Å². The molecule has 0 bridgehead atoms. The molecule has 1 rings (SSSR count). The molecule has 0 saturated heterocycles. The molecule has 0 aliphatic rings. The SMILES string of the molecule is CCCOC(=O)CN(C)C(=O)c1ccccc1. The van der Waals surface area contributed by atoms with Crippen LogP contribution in [0.1, 0.15) is 23.7 Å². The van der Waals surface area contributed by atoms with Crippen molar-refractivity contribution in [1.29, 1.82) is 0 Å². The number of rotatable bonds is 5. The largest absolute Gasteiger partial charge is 0.464 e. The summed E-state index contributed by atoms with van der Waals surface area (Å²) in [4.78, 5) is 24.6. The summed E-state index contributed by atoms with van der Waals surface area (Å²) in [5.74, 6) is -0.558. The topological polar surface area (TPSA) is 46.6 Å². The fourth-order valence-electron chi connectivity index (χ4n) is 1.33. The highest BCUT2D eigenvalue weighted by Gasteiger charge is 2.14. The monoisotopic (exact) mass is 235 g/mol. The van der Waals surface area contributed by atoms with Gasteiger partial charge in [-0.2, -0.15) is 0 Å². The first kappa shape index (κ1) is 13.2. The van der Waals surface area contributed by atoms with Crippen LogP contribution in [0, 0.1) is 0 Å². The Bertz CT molecular complexity index is 376. The molecule has 92 valence electrons. The number of hydrogen-bond acceptors (Lipinski definition) is 3. The normalized spacial score (nSPS) is 9.76. The Hall–Kier alpha value is -1.84. The van der Waals surface area contributed by atoms with E-state index in [2.05, 4.69) is 0 Å². The van der Waals surface area contributed by atoms with Gasteiger partial charge in [0.25, 0.3) is 5.91 Å². The minimum absolute atomic E-state index is 0.0201. The van der Waals surface area contributed by atoms with E-state index in [9.17, 15) is 9.59 Å². The van der Waals surface area contributed by atoms with E-state index in [0.717, 1.165) is 6.42 Å². The molecule has 0 aromatic heterocycles. The maximum absolute atomic E-state index is 11.9. The molecule has 0 atom stereocenters. The molecular weight excluding hydrogens is 218 g/mol. The van der Waals surface area contributed by atoms with Crippen LogP contribution in [0.25, 0.3) is 0 Å². The molecule has 1 amide bonds. The smallest absolute Gasteiger partial charge is 0.325 e. The minimum atomic E-state index is -0.376. The van der Waals surface area contributed by atoms with Gasteiger partial charge in [-0.1, -0.05) is 25.1 Å². The fourth-order valence-corrected chi connectivity index (χ4v) is 1.33. The third-order valence-corrected chi connectivity index (χ3v) is 2.20. The Labute approximate surface area is 101 Å². The summed E-state index contributed by atoms with van der Waals surface area (Å²) in [6.45, 7) is 2.30. The van der Waals surface area contributed by atoms with Crippen LogP contribution >= 0.6 is 0 Å². The number of nitrogens with zero attached hydrogens (tertiary/aromatic N) is 1. The molecule has 0 saturated carbocycles. The van der Waals surface area contributed by atoms with E-state index < -0.39 is 0 Å². The van der Waals surface area contributed by atoms with Crippen LogP contribution in [0.5, 0.6) is 0 Å². The molecule has 0 unspecified atom stereocenters. The van der Waals surface area contributed by atoms with Crippen molar-refractivity contribution in [2.24, 2.45) is 0 Å². The molecule has 4 nitrogen and oxygen atoms in total. The van der Waals surface area contributed by atoms with Crippen molar-refractivity contribution in [2.75, 3.05) is 20.2 Å². The lowest BCUT2D eigenvalue weighted by atomic mass is 10.2. The Morgan fingerprint density at radius 2 is 1.88 bits per heavy atom. The number of amides is 1. The lowest BCUT2D eigenvalue weighted by Crippen LogP contribution is -2.33. The van der Waals surface area contributed by atoms with Gasteiger partial charge >= 0.3 is 5.97 Å². The van der Waals surface area contributed by atoms with Gasteiger partial charge in [0, 0.05) is 12.6 Å². The van der Waals surface area contributed by atoms with E-state index in [1.807, 2.05) is 13.0 Å². The number of esters is 1. The highest BCUT2D eigenvalue weighted by atomic mass is 16.5. The molecule has 17 heavy (non-hydrogen) atoms. The highest BCUT2D eigenvalue weighted by Crippen LogP contribution is 2.02. The predicted molar refractivity (Wildman–Crippen MR) is 64.7 cm³/mol. The molecule has 1 aromatic rings. The molecule has 0 heterocycles. The summed E-state index contributed by atoms with van der Waals surface area (Å²) >= 11 is 0. The summed E-state index contributed by atoms with van der Waals surface area (Å²) in [5, 5.41) is 0. The first-order valence-corrected chi connectivity index (χ1v) is 5.61. The number of ether oxygens (including phenoxy) is 1. The van der Waals surface area contributed by atoms with E-state index in [1.165, 1.54) is 4.90 Å². The van der Waals surface area contributed by atoms with E-state index in [4.69, 9.17) is 4.74 Å². The molecule has 1 aromatic carbocycles. The molecule has 0 N–H and O–H groups in total. The fraction of sp³-hybridized carbons (Fsp3) is 0.385. The predicted octanol–water partition coefficient (Wildman–Crippen LogP) is 1.71. The summed E-state index contributed by atoms with van der Waals surface area (Å²) in [6.07, 6.45) is 0.780. The minimum Gasteiger partial charge on any atom is -0.464 e. The highest BCUT2D eigenvalue weighted by molar-refractivity contribution is 5.95. The average molecular weight is 235 g/mol. The third kappa shape index (κ3) is 4.26. The molecule has 0 fully saturated rings. The van der Waals surface area contributed by atoms with Crippen molar-refractivity contribution >= 4 is 11.9 Å². The van der Waals surface area contributed by atoms with Crippen LogP contribution in [-0.4, -0.2) is 37.0 Å². The summed E-state index contributed by atoms with van der Waals surface area (Å²) in [5.41, 5.74) is 0.568. The van der Waals surface area contributed by atoms with Gasteiger partial charge in [0.15, 0.2) is 0 Å². The van der Waals surface area contributed by atoms with Gasteiger partial charge in [0.05, 0.1) is 6.61 Å². The molecule has 4 heteroatoms. The van der Waals surface area contributed by atoms with Crippen molar-refractivity contribution in [3.63, 3.8) is 0 Å². The van der Waals surface area contributed by atoms with Gasteiger partial charge in [-0.05, 0) is 18.6 Å². The molecular formula is C13H17NO3. The zero-order chi connectivity index (χ0) is 12.7. The molecule has 0 spiro atoms. The zero-order valence-electron chi connectivity index (χ0n) is 10.2. The van der Waals surface area contributed by atoms with Gasteiger partial charge in [-0.25, -0.2) is 0 Å². The molecule has 0 aliphatic heterocycles. The second-order valence-corrected chi connectivity index (χ2v) is 3.75. The quantitative estimate of drug-likeness (QED) is 0.730. The van der Waals surface area contributed by atoms with E-state index in [1.54, 1.807) is 31.3 Å². The van der Waals surface area contributed by atoms with Crippen molar-refractivity contribution in [3.05, 3.63) is 35.9 Å². The van der Waals surface area contributed by atoms with Gasteiger partial charge in [0.1, 0.15) is 6.54 Å². The standard InChI is InChI=1S/C13H17NO3/c1-3-9-17-12(15)10-14(2)13(16)11-7-5-4-6-8-11/h4-8H,3,9-10H2,1-2H3. The molecule has 0 aliphatic carbocycles. The van der Waals surface area contributed by atoms with Crippen molar-refractivity contribution < 1.29 is 14.3 Å². The zero-order valence-corrected chi connectivity index (χ0v) is 10.2. The Morgan fingerprint density at radius 1 is 1.24 bits per heavy atom. The molecule has 0 radical (unpaired) electrons. The lowest BCUT2D eigenvalue weighted by Gasteiger charge is -2.16. The van der Waals surface area contributed by atoms with Crippen molar-refractivity contribution in [1.82, 2.24) is 4.90 Å². The Balaban J connectivity index is 2.50. The number of hydrogen-bond donors (Lipinski definition) is 0. The van der Waals surface area contributed by atoms with Crippen LogP contribution in [0.15, 0.2) is 30.3 Å². The number of benzene rings is 1. The van der Waals surface area contributed by atoms with Crippen LogP contribution < -0.4 is 0 Å². The Morgan fingerprint density at radius 3 is 2.47 bits per heavy atom. The van der Waals surface area contributed by atoms with Crippen molar-refractivity contribution in [2.45, 2.75) is 13.3 Å². The second kappa shape index (κ2) is 6.68.